The fraction of sp³-hybridized carbons (Fsp3) is 0.630. The van der Waals surface area contributed by atoms with E-state index in [-0.39, 0.29) is 5.95 Å². The van der Waals surface area contributed by atoms with Gasteiger partial charge in [0.05, 0.1) is 19.9 Å². The number of nitrogens with two attached hydrogens (primary N) is 1. The molecule has 200 valence electrons. The van der Waals surface area contributed by atoms with Crippen LogP contribution in [0.2, 0.25) is 0 Å². The second-order valence-corrected chi connectivity index (χ2v) is 10.3. The lowest BCUT2D eigenvalue weighted by Gasteiger charge is -2.35. The summed E-state index contributed by atoms with van der Waals surface area (Å²) in [5.74, 6) is 3.04. The molecule has 0 aromatic carbocycles. The van der Waals surface area contributed by atoms with Gasteiger partial charge in [-0.2, -0.15) is 10.1 Å². The zero-order valence-electron chi connectivity index (χ0n) is 22.2. The van der Waals surface area contributed by atoms with E-state index in [4.69, 9.17) is 20.2 Å². The van der Waals surface area contributed by atoms with E-state index in [9.17, 15) is 0 Å². The molecule has 3 aromatic heterocycles. The number of nitrogens with one attached hydrogen (secondary N) is 1. The molecule has 0 radical (unpaired) electrons. The Balaban J connectivity index is 1.27. The molecule has 2 saturated heterocycles. The minimum Gasteiger partial charge on any atom is -0.495 e. The van der Waals surface area contributed by atoms with Gasteiger partial charge in [0, 0.05) is 32.5 Å². The lowest BCUT2D eigenvalue weighted by molar-refractivity contribution is 0.0488. The molecule has 5 heterocycles. The van der Waals surface area contributed by atoms with E-state index in [0.29, 0.717) is 18.3 Å². The number of likely N-dealkylation sites (tertiary alicyclic amines) is 1. The summed E-state index contributed by atoms with van der Waals surface area (Å²) in [6.45, 7) is 8.78. The number of fused-ring (bicyclic) bond motifs is 1. The van der Waals surface area contributed by atoms with Gasteiger partial charge in [-0.1, -0.05) is 13.3 Å². The molecule has 0 amide bonds. The van der Waals surface area contributed by atoms with E-state index in [1.807, 2.05) is 10.9 Å². The molecular formula is C27H40N8O2. The number of hydrogen-bond donors (Lipinski definition) is 2. The minimum absolute atomic E-state index is 0.241. The summed E-state index contributed by atoms with van der Waals surface area (Å²) in [5.41, 5.74) is 9.58. The Morgan fingerprint density at radius 1 is 1.14 bits per heavy atom. The molecule has 0 unspecified atom stereocenters. The van der Waals surface area contributed by atoms with Crippen LogP contribution < -0.4 is 15.8 Å². The molecule has 10 heteroatoms. The van der Waals surface area contributed by atoms with Crippen LogP contribution in [-0.4, -0.2) is 76.1 Å². The summed E-state index contributed by atoms with van der Waals surface area (Å²) < 4.78 is 13.2. The number of hydrogen-bond acceptors (Lipinski definition) is 9. The van der Waals surface area contributed by atoms with Crippen molar-refractivity contribution in [2.24, 2.45) is 5.92 Å². The van der Waals surface area contributed by atoms with Crippen LogP contribution in [0.15, 0.2) is 18.5 Å². The van der Waals surface area contributed by atoms with Gasteiger partial charge in [0.1, 0.15) is 22.5 Å². The highest BCUT2D eigenvalue weighted by atomic mass is 16.5. The monoisotopic (exact) mass is 508 g/mol. The highest BCUT2D eigenvalue weighted by molar-refractivity contribution is 5.86. The first kappa shape index (κ1) is 25.7. The quantitative estimate of drug-likeness (QED) is 0.396. The predicted octanol–water partition coefficient (Wildman–Crippen LogP) is 3.68. The Labute approximate surface area is 219 Å². The largest absolute Gasteiger partial charge is 0.495 e. The number of nitrogens with zero attached hydrogens (tertiary/aromatic N) is 6. The van der Waals surface area contributed by atoms with Crippen LogP contribution in [-0.2, 0) is 11.3 Å². The van der Waals surface area contributed by atoms with Crippen LogP contribution in [0.4, 0.5) is 11.8 Å². The molecule has 10 nitrogen and oxygen atoms in total. The maximum atomic E-state index is 5.94. The molecule has 0 aliphatic carbocycles. The molecule has 0 bridgehead atoms. The standard InChI is InChI=1S/C27H40N8O2/c1-3-4-9-29-26-25-22(32-27(28)33-26)16-31-35(25)18-23-24(36-2)14-21(15-30-23)20-5-10-34(11-6-20)17-19-7-12-37-13-8-19/h14-16,19-20H,3-13,17-18H2,1-2H3,(H3,28,29,32,33). The molecule has 37 heavy (non-hydrogen) atoms. The lowest BCUT2D eigenvalue weighted by atomic mass is 9.89. The highest BCUT2D eigenvalue weighted by Gasteiger charge is 2.25. The van der Waals surface area contributed by atoms with E-state index in [1.165, 1.54) is 24.9 Å². The number of ether oxygens (including phenoxy) is 2. The van der Waals surface area contributed by atoms with Gasteiger partial charge in [-0.05, 0) is 68.7 Å². The number of unbranched alkanes of at least 4 members (excludes halogenated alkanes) is 1. The molecule has 3 aromatic rings. The van der Waals surface area contributed by atoms with E-state index in [2.05, 4.69) is 38.3 Å². The molecule has 2 aliphatic heterocycles. The van der Waals surface area contributed by atoms with Gasteiger partial charge in [-0.25, -0.2) is 4.98 Å². The average Bonchev–Trinajstić information content (AvgIpc) is 3.32. The average molecular weight is 509 g/mol. The van der Waals surface area contributed by atoms with E-state index in [0.717, 1.165) is 86.9 Å². The summed E-state index contributed by atoms with van der Waals surface area (Å²) in [7, 11) is 1.71. The van der Waals surface area contributed by atoms with Crippen LogP contribution in [0.5, 0.6) is 5.75 Å². The van der Waals surface area contributed by atoms with Crippen LogP contribution >= 0.6 is 0 Å². The predicted molar refractivity (Wildman–Crippen MR) is 145 cm³/mol. The van der Waals surface area contributed by atoms with E-state index >= 15 is 0 Å². The third-order valence-corrected chi connectivity index (χ3v) is 7.72. The van der Waals surface area contributed by atoms with Gasteiger partial charge in [-0.15, -0.1) is 0 Å². The zero-order valence-corrected chi connectivity index (χ0v) is 22.2. The number of methoxy groups -OCH3 is 1. The molecule has 0 saturated carbocycles. The number of nitrogen functional groups attached to an aromatic ring is 1. The van der Waals surface area contributed by atoms with Gasteiger partial charge >= 0.3 is 0 Å². The Hall–Kier alpha value is -2.98. The summed E-state index contributed by atoms with van der Waals surface area (Å²) in [5, 5.41) is 7.97. The summed E-state index contributed by atoms with van der Waals surface area (Å²) in [6.07, 6.45) is 10.6. The van der Waals surface area contributed by atoms with Crippen molar-refractivity contribution in [2.75, 3.05) is 57.6 Å². The molecular weight excluding hydrogens is 468 g/mol. The topological polar surface area (TPSA) is 116 Å². The van der Waals surface area contributed by atoms with Crippen molar-refractivity contribution in [3.63, 3.8) is 0 Å². The van der Waals surface area contributed by atoms with Gasteiger partial charge in [0.25, 0.3) is 0 Å². The van der Waals surface area contributed by atoms with Crippen molar-refractivity contribution >= 4 is 22.8 Å². The van der Waals surface area contributed by atoms with Gasteiger partial charge in [-0.3, -0.25) is 9.67 Å². The minimum atomic E-state index is 0.241. The van der Waals surface area contributed by atoms with E-state index < -0.39 is 0 Å². The number of aromatic nitrogens is 5. The number of anilines is 2. The van der Waals surface area contributed by atoms with Crippen molar-refractivity contribution in [1.29, 1.82) is 0 Å². The van der Waals surface area contributed by atoms with Gasteiger partial charge in [0.15, 0.2) is 5.82 Å². The molecule has 2 fully saturated rings. The van der Waals surface area contributed by atoms with Crippen molar-refractivity contribution in [3.05, 3.63) is 29.7 Å². The summed E-state index contributed by atoms with van der Waals surface area (Å²) in [6, 6.07) is 2.17. The van der Waals surface area contributed by atoms with Gasteiger partial charge in [0.2, 0.25) is 5.95 Å². The molecule has 5 rings (SSSR count). The number of piperidine rings is 1. The Morgan fingerprint density at radius 3 is 2.70 bits per heavy atom. The summed E-state index contributed by atoms with van der Waals surface area (Å²) in [4.78, 5) is 16.3. The summed E-state index contributed by atoms with van der Waals surface area (Å²) >= 11 is 0. The van der Waals surface area contributed by atoms with Crippen molar-refractivity contribution in [2.45, 2.75) is 57.9 Å². The van der Waals surface area contributed by atoms with Crippen LogP contribution in [0.1, 0.15) is 62.6 Å². The Morgan fingerprint density at radius 2 is 1.95 bits per heavy atom. The van der Waals surface area contributed by atoms with Crippen molar-refractivity contribution in [3.8, 4) is 5.75 Å². The van der Waals surface area contributed by atoms with Crippen LogP contribution in [0.25, 0.3) is 11.0 Å². The van der Waals surface area contributed by atoms with Crippen molar-refractivity contribution in [1.82, 2.24) is 29.6 Å². The SMILES string of the molecule is CCCCNc1nc(N)nc2cnn(Cc3ncc(C4CCN(CC5CCOCC5)CC4)cc3OC)c12. The molecule has 0 atom stereocenters. The first-order chi connectivity index (χ1) is 18.1. The Bertz CT molecular complexity index is 1170. The number of pyridine rings is 1. The Kier molecular flexibility index (Phi) is 8.35. The maximum absolute atomic E-state index is 5.94. The van der Waals surface area contributed by atoms with Gasteiger partial charge < -0.3 is 25.4 Å². The fourth-order valence-corrected chi connectivity index (χ4v) is 5.54. The van der Waals surface area contributed by atoms with E-state index in [1.54, 1.807) is 13.3 Å². The van der Waals surface area contributed by atoms with Crippen molar-refractivity contribution < 1.29 is 9.47 Å². The molecule has 3 N–H and O–H groups in total. The second kappa shape index (κ2) is 12.0. The van der Waals surface area contributed by atoms with Crippen LogP contribution in [0, 0.1) is 5.92 Å². The highest BCUT2D eigenvalue weighted by Crippen LogP contribution is 2.32. The second-order valence-electron chi connectivity index (χ2n) is 10.3. The smallest absolute Gasteiger partial charge is 0.222 e. The first-order valence-electron chi connectivity index (χ1n) is 13.7. The third kappa shape index (κ3) is 6.13. The fourth-order valence-electron chi connectivity index (χ4n) is 5.54. The molecule has 0 spiro atoms. The zero-order chi connectivity index (χ0) is 25.6. The van der Waals surface area contributed by atoms with Crippen LogP contribution in [0.3, 0.4) is 0 Å². The molecule has 2 aliphatic rings. The maximum Gasteiger partial charge on any atom is 0.222 e. The normalized spacial score (nSPS) is 17.9. The third-order valence-electron chi connectivity index (χ3n) is 7.72. The number of rotatable bonds is 10. The lowest BCUT2D eigenvalue weighted by Crippen LogP contribution is -2.38. The first-order valence-corrected chi connectivity index (χ1v) is 13.7.